The number of nitrogen functional groups attached to an aromatic ring is 1. The van der Waals surface area contributed by atoms with Crippen LogP contribution in [0.4, 0.5) is 16.5 Å². The Hall–Kier alpha value is -2.19. The van der Waals surface area contributed by atoms with Crippen LogP contribution in [-0.4, -0.2) is 36.2 Å². The first-order valence-corrected chi connectivity index (χ1v) is 7.35. The Balaban J connectivity index is 2.00. The molecule has 21 heavy (non-hydrogen) atoms. The molecule has 2 N–H and O–H groups in total. The smallest absolute Gasteiger partial charge is 0.293 e. The Morgan fingerprint density at radius 3 is 2.76 bits per heavy atom. The van der Waals surface area contributed by atoms with E-state index in [9.17, 15) is 10.1 Å². The van der Waals surface area contributed by atoms with E-state index in [2.05, 4.69) is 4.98 Å². The van der Waals surface area contributed by atoms with Gasteiger partial charge < -0.3 is 15.4 Å². The molecule has 2 heterocycles. The van der Waals surface area contributed by atoms with Crippen molar-refractivity contribution in [1.82, 2.24) is 4.98 Å². The molecule has 1 aromatic carbocycles. The van der Waals surface area contributed by atoms with Gasteiger partial charge >= 0.3 is 0 Å². The molecule has 1 saturated heterocycles. The monoisotopic (exact) mass is 306 g/mol. The first-order chi connectivity index (χ1) is 10.1. The Kier molecular flexibility index (Phi) is 3.72. The molecule has 7 nitrogen and oxygen atoms in total. The number of nitro groups is 1. The number of benzene rings is 1. The van der Waals surface area contributed by atoms with Crippen LogP contribution in [0.25, 0.3) is 11.3 Å². The van der Waals surface area contributed by atoms with Crippen molar-refractivity contribution in [2.75, 3.05) is 36.9 Å². The molecule has 0 unspecified atom stereocenters. The van der Waals surface area contributed by atoms with Gasteiger partial charge in [0.2, 0.25) is 0 Å². The summed E-state index contributed by atoms with van der Waals surface area (Å²) in [5.74, 6) is 0. The standard InChI is InChI=1S/C13H14N4O3S/c14-13-15-10(8-21-13)9-1-2-11(12(7-9)17(18)19)16-3-5-20-6-4-16/h1-2,7-8H,3-6H2,(H2,14,15). The summed E-state index contributed by atoms with van der Waals surface area (Å²) in [6.07, 6.45) is 0. The normalized spacial score (nSPS) is 15.1. The van der Waals surface area contributed by atoms with Crippen molar-refractivity contribution < 1.29 is 9.66 Å². The molecule has 0 atom stereocenters. The fourth-order valence-electron chi connectivity index (χ4n) is 2.32. The number of ether oxygens (including phenoxy) is 1. The highest BCUT2D eigenvalue weighted by Crippen LogP contribution is 2.34. The zero-order valence-corrected chi connectivity index (χ0v) is 12.0. The third-order valence-electron chi connectivity index (χ3n) is 3.34. The number of nitrogens with two attached hydrogens (primary N) is 1. The largest absolute Gasteiger partial charge is 0.378 e. The Bertz CT molecular complexity index is 667. The third kappa shape index (κ3) is 2.81. The topological polar surface area (TPSA) is 94.5 Å². The van der Waals surface area contributed by atoms with Crippen LogP contribution in [0, 0.1) is 10.1 Å². The molecule has 0 amide bonds. The van der Waals surface area contributed by atoms with Crippen molar-refractivity contribution in [3.05, 3.63) is 33.7 Å². The van der Waals surface area contributed by atoms with Gasteiger partial charge in [-0.2, -0.15) is 0 Å². The highest BCUT2D eigenvalue weighted by molar-refractivity contribution is 7.13. The highest BCUT2D eigenvalue weighted by atomic mass is 32.1. The van der Waals surface area contributed by atoms with Crippen molar-refractivity contribution in [3.8, 4) is 11.3 Å². The van der Waals surface area contributed by atoms with Gasteiger partial charge in [-0.1, -0.05) is 6.07 Å². The van der Waals surface area contributed by atoms with Gasteiger partial charge in [0.05, 0.1) is 23.8 Å². The van der Waals surface area contributed by atoms with Gasteiger partial charge in [0.1, 0.15) is 5.69 Å². The first-order valence-electron chi connectivity index (χ1n) is 6.47. The lowest BCUT2D eigenvalue weighted by molar-refractivity contribution is -0.384. The maximum Gasteiger partial charge on any atom is 0.293 e. The number of rotatable bonds is 3. The number of nitrogens with zero attached hydrogens (tertiary/aromatic N) is 3. The average molecular weight is 306 g/mol. The molecule has 1 aliphatic heterocycles. The Labute approximate surface area is 125 Å². The molecular weight excluding hydrogens is 292 g/mol. The summed E-state index contributed by atoms with van der Waals surface area (Å²) < 4.78 is 5.28. The minimum absolute atomic E-state index is 0.0842. The van der Waals surface area contributed by atoms with E-state index in [0.717, 1.165) is 0 Å². The van der Waals surface area contributed by atoms with Crippen LogP contribution in [0.3, 0.4) is 0 Å². The fourth-order valence-corrected chi connectivity index (χ4v) is 2.89. The second kappa shape index (κ2) is 5.66. The number of anilines is 2. The number of morpholine rings is 1. The maximum atomic E-state index is 11.4. The zero-order chi connectivity index (χ0) is 14.8. The van der Waals surface area contributed by atoms with Crippen LogP contribution in [0.15, 0.2) is 23.6 Å². The summed E-state index contributed by atoms with van der Waals surface area (Å²) in [6.45, 7) is 2.48. The second-order valence-electron chi connectivity index (χ2n) is 4.63. The number of aromatic nitrogens is 1. The summed E-state index contributed by atoms with van der Waals surface area (Å²) >= 11 is 1.32. The fraction of sp³-hybridized carbons (Fsp3) is 0.308. The van der Waals surface area contributed by atoms with Crippen LogP contribution in [0.2, 0.25) is 0 Å². The van der Waals surface area contributed by atoms with Crippen molar-refractivity contribution in [2.45, 2.75) is 0 Å². The molecule has 1 aliphatic rings. The molecule has 3 rings (SSSR count). The van der Waals surface area contributed by atoms with Crippen molar-refractivity contribution in [3.63, 3.8) is 0 Å². The summed E-state index contributed by atoms with van der Waals surface area (Å²) in [7, 11) is 0. The molecule has 0 saturated carbocycles. The molecule has 110 valence electrons. The lowest BCUT2D eigenvalue weighted by Gasteiger charge is -2.28. The third-order valence-corrected chi connectivity index (χ3v) is 4.02. The zero-order valence-electron chi connectivity index (χ0n) is 11.2. The van der Waals surface area contributed by atoms with Gasteiger partial charge in [-0.25, -0.2) is 4.98 Å². The minimum Gasteiger partial charge on any atom is -0.378 e. The quantitative estimate of drug-likeness (QED) is 0.689. The number of hydrogen-bond donors (Lipinski definition) is 1. The van der Waals surface area contributed by atoms with Gasteiger partial charge in [-0.05, 0) is 6.07 Å². The molecule has 0 aliphatic carbocycles. The van der Waals surface area contributed by atoms with Crippen LogP contribution in [0.5, 0.6) is 0 Å². The summed E-state index contributed by atoms with van der Waals surface area (Å²) in [6, 6.07) is 5.17. The van der Waals surface area contributed by atoms with E-state index >= 15 is 0 Å². The van der Waals surface area contributed by atoms with E-state index in [1.54, 1.807) is 17.5 Å². The summed E-state index contributed by atoms with van der Waals surface area (Å²) in [5, 5.41) is 13.6. The maximum absolute atomic E-state index is 11.4. The van der Waals surface area contributed by atoms with Crippen molar-refractivity contribution in [1.29, 1.82) is 0 Å². The first kappa shape index (κ1) is 13.8. The molecule has 1 aromatic heterocycles. The second-order valence-corrected chi connectivity index (χ2v) is 5.52. The van der Waals surface area contributed by atoms with Gasteiger partial charge in [-0.15, -0.1) is 11.3 Å². The number of nitro benzene ring substituents is 1. The van der Waals surface area contributed by atoms with Crippen LogP contribution in [0.1, 0.15) is 0 Å². The predicted molar refractivity (Wildman–Crippen MR) is 81.6 cm³/mol. The van der Waals surface area contributed by atoms with E-state index in [0.29, 0.717) is 48.4 Å². The van der Waals surface area contributed by atoms with Crippen LogP contribution < -0.4 is 10.6 Å². The molecule has 2 aromatic rings. The predicted octanol–water partition coefficient (Wildman–Crippen LogP) is 2.14. The molecule has 0 bridgehead atoms. The van der Waals surface area contributed by atoms with E-state index < -0.39 is 0 Å². The van der Waals surface area contributed by atoms with Crippen LogP contribution in [-0.2, 0) is 4.74 Å². The van der Waals surface area contributed by atoms with E-state index in [4.69, 9.17) is 10.5 Å². The summed E-state index contributed by atoms with van der Waals surface area (Å²) in [4.78, 5) is 17.1. The van der Waals surface area contributed by atoms with E-state index in [1.807, 2.05) is 11.0 Å². The highest BCUT2D eigenvalue weighted by Gasteiger charge is 2.22. The molecule has 0 radical (unpaired) electrons. The van der Waals surface area contributed by atoms with Gasteiger partial charge in [0, 0.05) is 30.1 Å². The number of thiazole rings is 1. The molecule has 1 fully saturated rings. The average Bonchev–Trinajstić information content (AvgIpc) is 2.94. The van der Waals surface area contributed by atoms with Crippen molar-refractivity contribution in [2.24, 2.45) is 0 Å². The lowest BCUT2D eigenvalue weighted by Crippen LogP contribution is -2.36. The van der Waals surface area contributed by atoms with Gasteiger partial charge in [-0.3, -0.25) is 10.1 Å². The molecule has 0 spiro atoms. The SMILES string of the molecule is Nc1nc(-c2ccc(N3CCOCC3)c([N+](=O)[O-])c2)cs1. The van der Waals surface area contributed by atoms with E-state index in [1.165, 1.54) is 11.3 Å². The Morgan fingerprint density at radius 1 is 1.38 bits per heavy atom. The van der Waals surface area contributed by atoms with E-state index in [-0.39, 0.29) is 10.6 Å². The van der Waals surface area contributed by atoms with Crippen LogP contribution >= 0.6 is 11.3 Å². The molecular formula is C13H14N4O3S. The lowest BCUT2D eigenvalue weighted by atomic mass is 10.1. The van der Waals surface area contributed by atoms with Crippen molar-refractivity contribution >= 4 is 27.8 Å². The Morgan fingerprint density at radius 2 is 2.14 bits per heavy atom. The van der Waals surface area contributed by atoms with Gasteiger partial charge in [0.25, 0.3) is 5.69 Å². The van der Waals surface area contributed by atoms with Gasteiger partial charge in [0.15, 0.2) is 5.13 Å². The molecule has 8 heteroatoms. The summed E-state index contributed by atoms with van der Waals surface area (Å²) in [5.41, 5.74) is 7.68. The number of hydrogen-bond acceptors (Lipinski definition) is 7. The minimum atomic E-state index is -0.357.